The summed E-state index contributed by atoms with van der Waals surface area (Å²) < 4.78 is 22.3. The van der Waals surface area contributed by atoms with E-state index in [4.69, 9.17) is 18.9 Å². The molecule has 0 N–H and O–H groups in total. The van der Waals surface area contributed by atoms with Crippen LogP contribution < -0.4 is 18.9 Å². The number of benzene rings is 2. The second-order valence-electron chi connectivity index (χ2n) is 7.27. The number of carbonyl (C=O) groups excluding carboxylic acids is 1. The smallest absolute Gasteiger partial charge is 0.281 e. The number of para-hydroxylation sites is 2. The second-order valence-corrected chi connectivity index (χ2v) is 8.21. The SMILES string of the molecule is CCOc1ccccc1OCC(=O)N1N=C(c2cccs2)CC1c1ccc(OC)c(OC)c1. The summed E-state index contributed by atoms with van der Waals surface area (Å²) in [6.45, 7) is 2.26. The molecule has 2 heterocycles. The molecule has 172 valence electrons. The largest absolute Gasteiger partial charge is 0.493 e. The number of methoxy groups -OCH3 is 2. The maximum atomic E-state index is 13.3. The Kier molecular flexibility index (Phi) is 7.14. The van der Waals surface area contributed by atoms with Crippen molar-refractivity contribution in [1.82, 2.24) is 5.01 Å². The first-order valence-electron chi connectivity index (χ1n) is 10.6. The van der Waals surface area contributed by atoms with Gasteiger partial charge in [-0.15, -0.1) is 11.3 Å². The van der Waals surface area contributed by atoms with Gasteiger partial charge in [-0.3, -0.25) is 4.79 Å². The summed E-state index contributed by atoms with van der Waals surface area (Å²) in [6, 6.07) is 16.7. The summed E-state index contributed by atoms with van der Waals surface area (Å²) in [5, 5.41) is 8.20. The van der Waals surface area contributed by atoms with E-state index in [0.29, 0.717) is 36.0 Å². The Morgan fingerprint density at radius 3 is 2.42 bits per heavy atom. The van der Waals surface area contributed by atoms with E-state index in [0.717, 1.165) is 16.2 Å². The van der Waals surface area contributed by atoms with Crippen molar-refractivity contribution in [1.29, 1.82) is 0 Å². The van der Waals surface area contributed by atoms with Crippen LogP contribution in [0.3, 0.4) is 0 Å². The molecule has 2 aromatic carbocycles. The third kappa shape index (κ3) is 4.96. The molecule has 7 nitrogen and oxygen atoms in total. The first-order chi connectivity index (χ1) is 16.1. The van der Waals surface area contributed by atoms with Crippen LogP contribution in [0, 0.1) is 0 Å². The number of rotatable bonds is 9. The van der Waals surface area contributed by atoms with Gasteiger partial charge in [-0.1, -0.05) is 24.3 Å². The predicted octanol–water partition coefficient (Wildman–Crippen LogP) is 4.92. The average molecular weight is 467 g/mol. The molecule has 4 rings (SSSR count). The highest BCUT2D eigenvalue weighted by Gasteiger charge is 2.34. The number of ether oxygens (including phenoxy) is 4. The van der Waals surface area contributed by atoms with Gasteiger partial charge in [0.15, 0.2) is 29.6 Å². The molecule has 3 aromatic rings. The summed E-state index contributed by atoms with van der Waals surface area (Å²) in [4.78, 5) is 14.3. The van der Waals surface area contributed by atoms with Crippen LogP contribution in [-0.2, 0) is 4.79 Å². The number of hydrogen-bond acceptors (Lipinski definition) is 7. The molecule has 1 aliphatic rings. The standard InChI is InChI=1S/C25H26N2O5S/c1-4-31-21-8-5-6-9-22(21)32-16-25(28)27-19(15-18(26-27)24-10-7-13-33-24)17-11-12-20(29-2)23(14-17)30-3/h5-14,19H,4,15-16H2,1-3H3. The van der Waals surface area contributed by atoms with Crippen LogP contribution >= 0.6 is 11.3 Å². The molecule has 1 aliphatic heterocycles. The van der Waals surface area contributed by atoms with Crippen molar-refractivity contribution < 1.29 is 23.7 Å². The van der Waals surface area contributed by atoms with Crippen molar-refractivity contribution in [3.05, 3.63) is 70.4 Å². The van der Waals surface area contributed by atoms with Gasteiger partial charge in [0, 0.05) is 6.42 Å². The van der Waals surface area contributed by atoms with Crippen molar-refractivity contribution in [2.24, 2.45) is 5.10 Å². The van der Waals surface area contributed by atoms with E-state index in [1.54, 1.807) is 31.6 Å². The van der Waals surface area contributed by atoms with E-state index in [1.807, 2.05) is 60.8 Å². The lowest BCUT2D eigenvalue weighted by Crippen LogP contribution is -2.31. The monoisotopic (exact) mass is 466 g/mol. The molecule has 1 amide bonds. The van der Waals surface area contributed by atoms with E-state index >= 15 is 0 Å². The summed E-state index contributed by atoms with van der Waals surface area (Å²) in [5.74, 6) is 2.12. The Morgan fingerprint density at radius 2 is 1.76 bits per heavy atom. The Bertz CT molecular complexity index is 1130. The second kappa shape index (κ2) is 10.4. The van der Waals surface area contributed by atoms with Gasteiger partial charge in [0.05, 0.1) is 37.5 Å². The van der Waals surface area contributed by atoms with Crippen LogP contribution in [0.5, 0.6) is 23.0 Å². The van der Waals surface area contributed by atoms with Gasteiger partial charge >= 0.3 is 0 Å². The maximum absolute atomic E-state index is 13.3. The lowest BCUT2D eigenvalue weighted by molar-refractivity contribution is -0.135. The van der Waals surface area contributed by atoms with Crippen molar-refractivity contribution in [2.45, 2.75) is 19.4 Å². The minimum atomic E-state index is -0.278. The summed E-state index contributed by atoms with van der Waals surface area (Å²) >= 11 is 1.60. The number of carbonyl (C=O) groups is 1. The molecule has 0 radical (unpaired) electrons. The van der Waals surface area contributed by atoms with Gasteiger partial charge in [-0.2, -0.15) is 5.10 Å². The van der Waals surface area contributed by atoms with Gasteiger partial charge in [0.1, 0.15) is 0 Å². The van der Waals surface area contributed by atoms with Crippen molar-refractivity contribution in [2.75, 3.05) is 27.4 Å². The molecule has 1 atom stereocenters. The third-order valence-electron chi connectivity index (χ3n) is 5.26. The van der Waals surface area contributed by atoms with Gasteiger partial charge in [-0.05, 0) is 48.2 Å². The normalized spacial score (nSPS) is 15.2. The Hall–Kier alpha value is -3.52. The van der Waals surface area contributed by atoms with Gasteiger partial charge < -0.3 is 18.9 Å². The molecule has 8 heteroatoms. The molecule has 0 saturated heterocycles. The lowest BCUT2D eigenvalue weighted by atomic mass is 10.0. The quantitative estimate of drug-likeness (QED) is 0.448. The highest BCUT2D eigenvalue weighted by molar-refractivity contribution is 7.12. The van der Waals surface area contributed by atoms with E-state index in [-0.39, 0.29) is 18.6 Å². The van der Waals surface area contributed by atoms with Crippen LogP contribution in [0.15, 0.2) is 65.1 Å². The maximum Gasteiger partial charge on any atom is 0.281 e. The zero-order valence-corrected chi connectivity index (χ0v) is 19.6. The van der Waals surface area contributed by atoms with Crippen molar-refractivity contribution in [3.8, 4) is 23.0 Å². The highest BCUT2D eigenvalue weighted by Crippen LogP contribution is 2.38. The van der Waals surface area contributed by atoms with Gasteiger partial charge in [0.25, 0.3) is 5.91 Å². The predicted molar refractivity (Wildman–Crippen MR) is 128 cm³/mol. The van der Waals surface area contributed by atoms with Gasteiger partial charge in [0.2, 0.25) is 0 Å². The number of thiophene rings is 1. The van der Waals surface area contributed by atoms with Crippen LogP contribution in [0.2, 0.25) is 0 Å². The topological polar surface area (TPSA) is 69.6 Å². The zero-order valence-electron chi connectivity index (χ0n) is 18.8. The van der Waals surface area contributed by atoms with E-state index in [1.165, 1.54) is 5.01 Å². The number of amides is 1. The lowest BCUT2D eigenvalue weighted by Gasteiger charge is -2.23. The molecule has 1 aromatic heterocycles. The third-order valence-corrected chi connectivity index (χ3v) is 6.18. The molecule has 0 bridgehead atoms. The van der Waals surface area contributed by atoms with Gasteiger partial charge in [-0.25, -0.2) is 5.01 Å². The molecular weight excluding hydrogens is 440 g/mol. The number of hydrazone groups is 1. The molecular formula is C25H26N2O5S. The minimum absolute atomic E-state index is 0.158. The molecule has 0 spiro atoms. The molecule has 33 heavy (non-hydrogen) atoms. The first kappa shape index (κ1) is 22.7. The minimum Gasteiger partial charge on any atom is -0.493 e. The number of nitrogens with zero attached hydrogens (tertiary/aromatic N) is 2. The molecule has 0 saturated carbocycles. The number of hydrogen-bond donors (Lipinski definition) is 0. The zero-order chi connectivity index (χ0) is 23.2. The van der Waals surface area contributed by atoms with E-state index < -0.39 is 0 Å². The fraction of sp³-hybridized carbons (Fsp3) is 0.280. The first-order valence-corrected chi connectivity index (χ1v) is 11.5. The summed E-state index contributed by atoms with van der Waals surface area (Å²) in [7, 11) is 3.19. The fourth-order valence-electron chi connectivity index (χ4n) is 3.70. The van der Waals surface area contributed by atoms with Crippen LogP contribution in [0.1, 0.15) is 29.8 Å². The Balaban J connectivity index is 1.59. The van der Waals surface area contributed by atoms with Crippen LogP contribution in [0.25, 0.3) is 0 Å². The van der Waals surface area contributed by atoms with Crippen molar-refractivity contribution >= 4 is 23.0 Å². The van der Waals surface area contributed by atoms with E-state index in [2.05, 4.69) is 5.10 Å². The average Bonchev–Trinajstić information content (AvgIpc) is 3.53. The van der Waals surface area contributed by atoms with E-state index in [9.17, 15) is 4.79 Å². The summed E-state index contributed by atoms with van der Waals surface area (Å²) in [5.41, 5.74) is 1.78. The highest BCUT2D eigenvalue weighted by atomic mass is 32.1. The fourth-order valence-corrected chi connectivity index (χ4v) is 4.42. The van der Waals surface area contributed by atoms with Crippen molar-refractivity contribution in [3.63, 3.8) is 0 Å². The van der Waals surface area contributed by atoms with Crippen LogP contribution in [-0.4, -0.2) is 44.1 Å². The Labute approximate surface area is 197 Å². The summed E-state index contributed by atoms with van der Waals surface area (Å²) in [6.07, 6.45) is 0.595. The molecule has 0 aliphatic carbocycles. The molecule has 0 fully saturated rings. The molecule has 1 unspecified atom stereocenters. The Morgan fingerprint density at radius 1 is 1.00 bits per heavy atom. The van der Waals surface area contributed by atoms with Crippen LogP contribution in [0.4, 0.5) is 0 Å².